The molecule has 1 saturated heterocycles. The minimum Gasteiger partial charge on any atom is -0.492 e. The Kier molecular flexibility index (Phi) is 3.69. The van der Waals surface area contributed by atoms with Gasteiger partial charge in [0.1, 0.15) is 5.75 Å². The molecule has 1 heterocycles. The Morgan fingerprint density at radius 3 is 2.74 bits per heavy atom. The van der Waals surface area contributed by atoms with Crippen molar-refractivity contribution in [1.29, 1.82) is 0 Å². The third kappa shape index (κ3) is 2.67. The van der Waals surface area contributed by atoms with Crippen LogP contribution in [0.1, 0.15) is 27.2 Å². The minimum absolute atomic E-state index is 0.170. The highest BCUT2D eigenvalue weighted by Gasteiger charge is 2.42. The van der Waals surface area contributed by atoms with Crippen LogP contribution in [0.25, 0.3) is 0 Å². The van der Waals surface area contributed by atoms with Crippen molar-refractivity contribution < 1.29 is 14.6 Å². The van der Waals surface area contributed by atoms with Gasteiger partial charge in [0.15, 0.2) is 0 Å². The quantitative estimate of drug-likeness (QED) is 0.907. The average molecular weight is 263 g/mol. The second kappa shape index (κ2) is 5.11. The molecule has 4 heteroatoms. The summed E-state index contributed by atoms with van der Waals surface area (Å²) in [4.78, 5) is 13.4. The van der Waals surface area contributed by atoms with E-state index in [4.69, 9.17) is 4.74 Å². The van der Waals surface area contributed by atoms with E-state index >= 15 is 0 Å². The van der Waals surface area contributed by atoms with E-state index in [1.165, 1.54) is 0 Å². The molecule has 19 heavy (non-hydrogen) atoms. The Morgan fingerprint density at radius 2 is 2.16 bits per heavy atom. The topological polar surface area (TPSA) is 49.8 Å². The van der Waals surface area contributed by atoms with E-state index in [9.17, 15) is 9.90 Å². The molecule has 0 aliphatic carbocycles. The zero-order chi connectivity index (χ0) is 14.0. The first-order valence-electron chi connectivity index (χ1n) is 6.68. The third-order valence-electron chi connectivity index (χ3n) is 3.68. The van der Waals surface area contributed by atoms with Gasteiger partial charge in [0.2, 0.25) is 0 Å². The van der Waals surface area contributed by atoms with Crippen LogP contribution >= 0.6 is 0 Å². The molecule has 0 saturated carbocycles. The largest absolute Gasteiger partial charge is 0.492 e. The van der Waals surface area contributed by atoms with Crippen molar-refractivity contribution in [2.45, 2.75) is 32.7 Å². The number of hydrogen-bond acceptors (Lipinski definition) is 3. The fourth-order valence-electron chi connectivity index (χ4n) is 2.79. The molecule has 0 radical (unpaired) electrons. The monoisotopic (exact) mass is 263 g/mol. The molecule has 104 valence electrons. The molecular weight excluding hydrogens is 242 g/mol. The van der Waals surface area contributed by atoms with E-state index < -0.39 is 5.97 Å². The summed E-state index contributed by atoms with van der Waals surface area (Å²) in [5, 5.41) is 9.22. The maximum absolute atomic E-state index is 11.2. The first-order valence-corrected chi connectivity index (χ1v) is 6.68. The van der Waals surface area contributed by atoms with Gasteiger partial charge in [0, 0.05) is 12.1 Å². The Labute approximate surface area is 114 Å². The van der Waals surface area contributed by atoms with Crippen molar-refractivity contribution in [2.24, 2.45) is 5.92 Å². The van der Waals surface area contributed by atoms with Crippen molar-refractivity contribution in [3.05, 3.63) is 24.3 Å². The first kappa shape index (κ1) is 13.7. The summed E-state index contributed by atoms with van der Waals surface area (Å²) >= 11 is 0. The standard InChI is InChI=1S/C15H21NO3/c1-4-19-13-8-6-5-7-12(13)16-10-11(14(17)18)9-15(16,2)3/h5-8,11H,4,9-10H2,1-3H3,(H,17,18). The predicted octanol–water partition coefficient (Wildman–Crippen LogP) is 2.77. The number of anilines is 1. The van der Waals surface area contributed by atoms with E-state index in [0.29, 0.717) is 19.6 Å². The summed E-state index contributed by atoms with van der Waals surface area (Å²) in [6.45, 7) is 7.25. The van der Waals surface area contributed by atoms with Gasteiger partial charge >= 0.3 is 5.97 Å². The predicted molar refractivity (Wildman–Crippen MR) is 74.8 cm³/mol. The molecule has 0 bridgehead atoms. The molecule has 1 aliphatic rings. The van der Waals surface area contributed by atoms with Crippen LogP contribution in [0.2, 0.25) is 0 Å². The Hall–Kier alpha value is -1.71. The molecule has 4 nitrogen and oxygen atoms in total. The number of para-hydroxylation sites is 2. The van der Waals surface area contributed by atoms with Gasteiger partial charge in [-0.15, -0.1) is 0 Å². The highest BCUT2D eigenvalue weighted by Crippen LogP contribution is 2.40. The lowest BCUT2D eigenvalue weighted by atomic mass is 9.96. The van der Waals surface area contributed by atoms with Crippen LogP contribution in [0.5, 0.6) is 5.75 Å². The van der Waals surface area contributed by atoms with Gasteiger partial charge in [-0.1, -0.05) is 12.1 Å². The van der Waals surface area contributed by atoms with Crippen LogP contribution in [-0.2, 0) is 4.79 Å². The normalized spacial score (nSPS) is 21.4. The van der Waals surface area contributed by atoms with E-state index in [1.807, 2.05) is 31.2 Å². The number of rotatable bonds is 4. The lowest BCUT2D eigenvalue weighted by Gasteiger charge is -2.34. The van der Waals surface area contributed by atoms with Gasteiger partial charge in [-0.05, 0) is 39.3 Å². The molecule has 0 amide bonds. The zero-order valence-corrected chi connectivity index (χ0v) is 11.7. The molecule has 1 unspecified atom stereocenters. The lowest BCUT2D eigenvalue weighted by molar-refractivity contribution is -0.141. The Bertz CT molecular complexity index is 470. The Morgan fingerprint density at radius 1 is 1.47 bits per heavy atom. The van der Waals surface area contributed by atoms with Crippen molar-refractivity contribution in [3.63, 3.8) is 0 Å². The second-order valence-electron chi connectivity index (χ2n) is 5.56. The molecule has 0 aromatic heterocycles. The van der Waals surface area contributed by atoms with Gasteiger partial charge in [-0.2, -0.15) is 0 Å². The highest BCUT2D eigenvalue weighted by molar-refractivity contribution is 5.73. The summed E-state index contributed by atoms with van der Waals surface area (Å²) in [5.74, 6) is -0.210. The number of ether oxygens (including phenoxy) is 1. The molecular formula is C15H21NO3. The van der Waals surface area contributed by atoms with E-state index in [2.05, 4.69) is 18.7 Å². The van der Waals surface area contributed by atoms with Crippen molar-refractivity contribution in [3.8, 4) is 5.75 Å². The molecule has 1 atom stereocenters. The fraction of sp³-hybridized carbons (Fsp3) is 0.533. The Balaban J connectivity index is 2.33. The summed E-state index contributed by atoms with van der Waals surface area (Å²) in [5.41, 5.74) is 0.814. The van der Waals surface area contributed by atoms with Crippen molar-refractivity contribution in [2.75, 3.05) is 18.1 Å². The van der Waals surface area contributed by atoms with E-state index in [-0.39, 0.29) is 11.5 Å². The van der Waals surface area contributed by atoms with Crippen LogP contribution < -0.4 is 9.64 Å². The highest BCUT2D eigenvalue weighted by atomic mass is 16.5. The second-order valence-corrected chi connectivity index (χ2v) is 5.56. The van der Waals surface area contributed by atoms with Crippen LogP contribution in [0.3, 0.4) is 0 Å². The van der Waals surface area contributed by atoms with Gasteiger partial charge < -0.3 is 14.7 Å². The van der Waals surface area contributed by atoms with Crippen molar-refractivity contribution >= 4 is 11.7 Å². The molecule has 0 spiro atoms. The van der Waals surface area contributed by atoms with Gasteiger partial charge in [0.25, 0.3) is 0 Å². The molecule has 2 rings (SSSR count). The molecule has 1 fully saturated rings. The number of nitrogens with zero attached hydrogens (tertiary/aromatic N) is 1. The van der Waals surface area contributed by atoms with E-state index in [0.717, 1.165) is 11.4 Å². The molecule has 1 aliphatic heterocycles. The maximum atomic E-state index is 11.2. The van der Waals surface area contributed by atoms with Gasteiger partial charge in [0.05, 0.1) is 18.2 Å². The first-order chi connectivity index (χ1) is 8.95. The molecule has 1 N–H and O–H groups in total. The van der Waals surface area contributed by atoms with E-state index in [1.54, 1.807) is 0 Å². The fourth-order valence-corrected chi connectivity index (χ4v) is 2.79. The zero-order valence-electron chi connectivity index (χ0n) is 11.7. The summed E-state index contributed by atoms with van der Waals surface area (Å²) < 4.78 is 5.65. The van der Waals surface area contributed by atoms with Gasteiger partial charge in [-0.3, -0.25) is 4.79 Å². The third-order valence-corrected chi connectivity index (χ3v) is 3.68. The average Bonchev–Trinajstić information content (AvgIpc) is 2.66. The maximum Gasteiger partial charge on any atom is 0.308 e. The van der Waals surface area contributed by atoms with Crippen LogP contribution in [0, 0.1) is 5.92 Å². The van der Waals surface area contributed by atoms with Gasteiger partial charge in [-0.25, -0.2) is 0 Å². The molecule has 1 aromatic carbocycles. The lowest BCUT2D eigenvalue weighted by Crippen LogP contribution is -2.38. The number of aliphatic carboxylic acids is 1. The minimum atomic E-state index is -0.718. The number of carboxylic acid groups (broad SMARTS) is 1. The van der Waals surface area contributed by atoms with Crippen LogP contribution in [0.15, 0.2) is 24.3 Å². The van der Waals surface area contributed by atoms with Crippen molar-refractivity contribution in [1.82, 2.24) is 0 Å². The SMILES string of the molecule is CCOc1ccccc1N1CC(C(=O)O)CC1(C)C. The summed E-state index contributed by atoms with van der Waals surface area (Å²) in [6.07, 6.45) is 0.656. The summed E-state index contributed by atoms with van der Waals surface area (Å²) in [6, 6.07) is 7.83. The van der Waals surface area contributed by atoms with Crippen LogP contribution in [0.4, 0.5) is 5.69 Å². The summed E-state index contributed by atoms with van der Waals surface area (Å²) in [7, 11) is 0. The smallest absolute Gasteiger partial charge is 0.308 e. The number of carbonyl (C=O) groups is 1. The number of carboxylic acids is 1. The number of benzene rings is 1. The molecule has 1 aromatic rings. The number of hydrogen-bond donors (Lipinski definition) is 1. The van der Waals surface area contributed by atoms with Crippen LogP contribution in [-0.4, -0.2) is 29.8 Å².